The van der Waals surface area contributed by atoms with E-state index >= 15 is 0 Å². The highest BCUT2D eigenvalue weighted by Crippen LogP contribution is 2.12. The van der Waals surface area contributed by atoms with Crippen LogP contribution in [0.15, 0.2) is 36.7 Å². The quantitative estimate of drug-likeness (QED) is 0.758. The molecule has 0 aliphatic heterocycles. The van der Waals surface area contributed by atoms with Crippen LogP contribution in [-0.2, 0) is 15.8 Å². The zero-order valence-corrected chi connectivity index (χ0v) is 10.5. The summed E-state index contributed by atoms with van der Waals surface area (Å²) in [7, 11) is -3.60. The monoisotopic (exact) mass is 281 g/mol. The van der Waals surface area contributed by atoms with Crippen LogP contribution in [0.25, 0.3) is 0 Å². The van der Waals surface area contributed by atoms with E-state index in [1.165, 1.54) is 30.6 Å². The Bertz CT molecular complexity index is 680. The van der Waals surface area contributed by atoms with Crippen LogP contribution >= 0.6 is 0 Å². The molecule has 0 spiro atoms. The Kier molecular flexibility index (Phi) is 3.52. The SMILES string of the molecule is O=C(O)c1cccc(CS(=O)(=O)Nc2cn[nH]c2)c1. The highest BCUT2D eigenvalue weighted by molar-refractivity contribution is 7.91. The number of hydrogen-bond acceptors (Lipinski definition) is 4. The number of nitrogens with zero attached hydrogens (tertiary/aromatic N) is 1. The van der Waals surface area contributed by atoms with E-state index in [2.05, 4.69) is 14.9 Å². The van der Waals surface area contributed by atoms with Gasteiger partial charge in [0.05, 0.1) is 23.2 Å². The first-order chi connectivity index (χ1) is 8.96. The Balaban J connectivity index is 2.16. The molecule has 2 rings (SSSR count). The number of benzene rings is 1. The number of nitrogens with one attached hydrogen (secondary N) is 2. The van der Waals surface area contributed by atoms with Gasteiger partial charge >= 0.3 is 5.97 Å². The van der Waals surface area contributed by atoms with Crippen molar-refractivity contribution in [3.8, 4) is 0 Å². The molecule has 0 amide bonds. The highest BCUT2D eigenvalue weighted by Gasteiger charge is 2.13. The molecule has 100 valence electrons. The molecule has 1 aromatic carbocycles. The van der Waals surface area contributed by atoms with Gasteiger partial charge in [-0.15, -0.1) is 0 Å². The summed E-state index contributed by atoms with van der Waals surface area (Å²) in [4.78, 5) is 10.8. The maximum atomic E-state index is 11.8. The molecule has 3 N–H and O–H groups in total. The summed E-state index contributed by atoms with van der Waals surface area (Å²) in [5.74, 6) is -1.40. The lowest BCUT2D eigenvalue weighted by Crippen LogP contribution is -2.15. The Hall–Kier alpha value is -2.35. The number of carboxylic acid groups (broad SMARTS) is 1. The largest absolute Gasteiger partial charge is 0.478 e. The highest BCUT2D eigenvalue weighted by atomic mass is 32.2. The number of sulfonamides is 1. The number of H-pyrrole nitrogens is 1. The smallest absolute Gasteiger partial charge is 0.335 e. The molecule has 8 heteroatoms. The number of carboxylic acids is 1. The lowest BCUT2D eigenvalue weighted by molar-refractivity contribution is 0.0696. The molecular formula is C11H11N3O4S. The van der Waals surface area contributed by atoms with Crippen LogP contribution in [0.5, 0.6) is 0 Å². The predicted molar refractivity (Wildman–Crippen MR) is 68.2 cm³/mol. The Labute approximate surface area is 109 Å². The number of carbonyl (C=O) groups is 1. The third-order valence-electron chi connectivity index (χ3n) is 2.30. The first kappa shape index (κ1) is 13.1. The van der Waals surface area contributed by atoms with Gasteiger partial charge in [-0.25, -0.2) is 13.2 Å². The molecular weight excluding hydrogens is 270 g/mol. The summed E-state index contributed by atoms with van der Waals surface area (Å²) >= 11 is 0. The lowest BCUT2D eigenvalue weighted by atomic mass is 10.1. The summed E-state index contributed by atoms with van der Waals surface area (Å²) in [6.45, 7) is 0. The van der Waals surface area contributed by atoms with Gasteiger partial charge in [-0.1, -0.05) is 12.1 Å². The topological polar surface area (TPSA) is 112 Å². The molecule has 2 aromatic rings. The Morgan fingerprint density at radius 2 is 2.21 bits per heavy atom. The van der Waals surface area contributed by atoms with E-state index in [1.807, 2.05) is 0 Å². The Morgan fingerprint density at radius 1 is 1.42 bits per heavy atom. The van der Waals surface area contributed by atoms with Crippen LogP contribution in [0.2, 0.25) is 0 Å². The average molecular weight is 281 g/mol. The molecule has 7 nitrogen and oxygen atoms in total. The third kappa shape index (κ3) is 3.55. The second-order valence-electron chi connectivity index (χ2n) is 3.85. The summed E-state index contributed by atoms with van der Waals surface area (Å²) in [5, 5.41) is 14.9. The van der Waals surface area contributed by atoms with Crippen molar-refractivity contribution in [2.75, 3.05) is 4.72 Å². The number of aromatic nitrogens is 2. The maximum absolute atomic E-state index is 11.8. The van der Waals surface area contributed by atoms with E-state index in [9.17, 15) is 13.2 Å². The van der Waals surface area contributed by atoms with Crippen molar-refractivity contribution in [2.24, 2.45) is 0 Å². The van der Waals surface area contributed by atoms with Crippen molar-refractivity contribution < 1.29 is 18.3 Å². The van der Waals surface area contributed by atoms with E-state index in [-0.39, 0.29) is 11.3 Å². The first-order valence-corrected chi connectivity index (χ1v) is 6.93. The molecule has 0 radical (unpaired) electrons. The lowest BCUT2D eigenvalue weighted by Gasteiger charge is -2.06. The number of aromatic carboxylic acids is 1. The molecule has 19 heavy (non-hydrogen) atoms. The molecule has 0 bridgehead atoms. The molecule has 0 atom stereocenters. The van der Waals surface area contributed by atoms with Gasteiger partial charge in [-0.05, 0) is 17.7 Å². The molecule has 0 unspecified atom stereocenters. The van der Waals surface area contributed by atoms with Crippen LogP contribution in [0.1, 0.15) is 15.9 Å². The molecule has 1 aromatic heterocycles. The minimum atomic E-state index is -3.60. The van der Waals surface area contributed by atoms with Crippen LogP contribution in [0.4, 0.5) is 5.69 Å². The Morgan fingerprint density at radius 3 is 2.84 bits per heavy atom. The van der Waals surface area contributed by atoms with Crippen molar-refractivity contribution >= 4 is 21.7 Å². The van der Waals surface area contributed by atoms with Crippen molar-refractivity contribution in [3.63, 3.8) is 0 Å². The molecule has 0 fully saturated rings. The van der Waals surface area contributed by atoms with Gasteiger partial charge in [0.2, 0.25) is 10.0 Å². The fraction of sp³-hybridized carbons (Fsp3) is 0.0909. The van der Waals surface area contributed by atoms with Gasteiger partial charge in [0.15, 0.2) is 0 Å². The molecule has 0 saturated carbocycles. The van der Waals surface area contributed by atoms with Gasteiger partial charge < -0.3 is 5.11 Å². The number of aromatic amines is 1. The predicted octanol–water partition coefficient (Wildman–Crippen LogP) is 1.05. The third-order valence-corrected chi connectivity index (χ3v) is 3.56. The molecule has 0 aliphatic carbocycles. The zero-order valence-electron chi connectivity index (χ0n) is 9.70. The van der Waals surface area contributed by atoms with E-state index in [0.29, 0.717) is 11.3 Å². The molecule has 1 heterocycles. The van der Waals surface area contributed by atoms with E-state index in [1.54, 1.807) is 6.07 Å². The van der Waals surface area contributed by atoms with Crippen LogP contribution in [-0.4, -0.2) is 29.7 Å². The second-order valence-corrected chi connectivity index (χ2v) is 5.58. The first-order valence-electron chi connectivity index (χ1n) is 5.28. The van der Waals surface area contributed by atoms with Crippen molar-refractivity contribution in [1.29, 1.82) is 0 Å². The minimum Gasteiger partial charge on any atom is -0.478 e. The van der Waals surface area contributed by atoms with Gasteiger partial charge in [0.25, 0.3) is 0 Å². The average Bonchev–Trinajstić information content (AvgIpc) is 2.80. The van der Waals surface area contributed by atoms with Crippen molar-refractivity contribution in [3.05, 3.63) is 47.8 Å². The number of anilines is 1. The minimum absolute atomic E-state index is 0.0519. The van der Waals surface area contributed by atoms with Crippen LogP contribution < -0.4 is 4.72 Å². The van der Waals surface area contributed by atoms with Gasteiger partial charge in [0, 0.05) is 6.20 Å². The molecule has 0 saturated heterocycles. The van der Waals surface area contributed by atoms with E-state index in [4.69, 9.17) is 5.11 Å². The number of rotatable bonds is 5. The maximum Gasteiger partial charge on any atom is 0.335 e. The fourth-order valence-corrected chi connectivity index (χ4v) is 2.70. The molecule has 0 aliphatic rings. The summed E-state index contributed by atoms with van der Waals surface area (Å²) in [6.07, 6.45) is 2.75. The van der Waals surface area contributed by atoms with Gasteiger partial charge in [0.1, 0.15) is 0 Å². The van der Waals surface area contributed by atoms with Gasteiger partial charge in [-0.3, -0.25) is 9.82 Å². The number of hydrogen-bond donors (Lipinski definition) is 3. The van der Waals surface area contributed by atoms with Crippen molar-refractivity contribution in [2.45, 2.75) is 5.75 Å². The summed E-state index contributed by atoms with van der Waals surface area (Å²) < 4.78 is 26.0. The van der Waals surface area contributed by atoms with Crippen molar-refractivity contribution in [1.82, 2.24) is 10.2 Å². The summed E-state index contributed by atoms with van der Waals surface area (Å²) in [6, 6.07) is 5.80. The zero-order chi connectivity index (χ0) is 13.9. The normalized spacial score (nSPS) is 11.2. The van der Waals surface area contributed by atoms with Crippen LogP contribution in [0, 0.1) is 0 Å². The summed E-state index contributed by atoms with van der Waals surface area (Å²) in [5.41, 5.74) is 0.779. The van der Waals surface area contributed by atoms with Crippen LogP contribution in [0.3, 0.4) is 0 Å². The second kappa shape index (κ2) is 5.11. The fourth-order valence-electron chi connectivity index (χ4n) is 1.54. The standard InChI is InChI=1S/C11H11N3O4S/c15-11(16)9-3-1-2-8(4-9)7-19(17,18)14-10-5-12-13-6-10/h1-6,14H,7H2,(H,12,13)(H,15,16). The van der Waals surface area contributed by atoms with E-state index < -0.39 is 16.0 Å². The van der Waals surface area contributed by atoms with Gasteiger partial charge in [-0.2, -0.15) is 5.10 Å². The van der Waals surface area contributed by atoms with E-state index in [0.717, 1.165) is 0 Å².